The maximum atomic E-state index is 9.10. The fourth-order valence-corrected chi connectivity index (χ4v) is 3.67. The first kappa shape index (κ1) is 14.1. The van der Waals surface area contributed by atoms with Gasteiger partial charge in [0.1, 0.15) is 5.82 Å². The van der Waals surface area contributed by atoms with Crippen molar-refractivity contribution in [3.63, 3.8) is 0 Å². The molecule has 1 aliphatic carbocycles. The summed E-state index contributed by atoms with van der Waals surface area (Å²) in [5.74, 6) is 0.856. The van der Waals surface area contributed by atoms with Crippen molar-refractivity contribution >= 4 is 17.4 Å². The molecule has 2 heterocycles. The molecule has 2 aliphatic rings. The van der Waals surface area contributed by atoms with Gasteiger partial charge >= 0.3 is 0 Å². The van der Waals surface area contributed by atoms with E-state index in [4.69, 9.17) is 16.7 Å². The molecule has 1 aliphatic heterocycles. The van der Waals surface area contributed by atoms with Crippen LogP contribution in [0.2, 0.25) is 5.02 Å². The van der Waals surface area contributed by atoms with Gasteiger partial charge in [-0.25, -0.2) is 4.98 Å². The van der Waals surface area contributed by atoms with E-state index in [1.54, 1.807) is 6.20 Å². The normalized spacial score (nSPS) is 21.6. The second-order valence-electron chi connectivity index (χ2n) is 5.77. The van der Waals surface area contributed by atoms with E-state index in [0.29, 0.717) is 5.02 Å². The molecule has 1 saturated heterocycles. The largest absolute Gasteiger partial charge is 0.392 e. The lowest BCUT2D eigenvalue weighted by atomic mass is 10.2. The average Bonchev–Trinajstić information content (AvgIpc) is 3.01. The topological polar surface area (TPSA) is 39.6 Å². The summed E-state index contributed by atoms with van der Waals surface area (Å²) in [4.78, 5) is 9.29. The van der Waals surface area contributed by atoms with Crippen molar-refractivity contribution < 1.29 is 5.11 Å². The van der Waals surface area contributed by atoms with Gasteiger partial charge in [0, 0.05) is 38.4 Å². The van der Waals surface area contributed by atoms with Gasteiger partial charge in [0.25, 0.3) is 0 Å². The molecule has 0 spiro atoms. The molecule has 3 rings (SSSR count). The van der Waals surface area contributed by atoms with Gasteiger partial charge in [0.05, 0.1) is 11.6 Å². The SMILES string of the molecule is OCc1cnc(N2CCN(C3CCCC3)CC2)c(Cl)c1. The number of halogens is 1. The van der Waals surface area contributed by atoms with Gasteiger partial charge in [-0.3, -0.25) is 4.90 Å². The van der Waals surface area contributed by atoms with Crippen LogP contribution in [-0.4, -0.2) is 47.2 Å². The third kappa shape index (κ3) is 2.92. The van der Waals surface area contributed by atoms with E-state index in [0.717, 1.165) is 43.6 Å². The first-order chi connectivity index (χ1) is 9.78. The number of pyridine rings is 1. The lowest BCUT2D eigenvalue weighted by Gasteiger charge is -2.38. The number of nitrogens with zero attached hydrogens (tertiary/aromatic N) is 3. The highest BCUT2D eigenvalue weighted by Gasteiger charge is 2.27. The van der Waals surface area contributed by atoms with Crippen molar-refractivity contribution in [1.82, 2.24) is 9.88 Å². The monoisotopic (exact) mass is 295 g/mol. The van der Waals surface area contributed by atoms with Crippen molar-refractivity contribution in [2.75, 3.05) is 31.1 Å². The van der Waals surface area contributed by atoms with Crippen LogP contribution in [0.3, 0.4) is 0 Å². The Morgan fingerprint density at radius 3 is 2.50 bits per heavy atom. The maximum Gasteiger partial charge on any atom is 0.147 e. The highest BCUT2D eigenvalue weighted by Crippen LogP contribution is 2.28. The zero-order valence-electron chi connectivity index (χ0n) is 11.8. The lowest BCUT2D eigenvalue weighted by molar-refractivity contribution is 0.187. The predicted octanol–water partition coefficient (Wildman–Crippen LogP) is 2.29. The van der Waals surface area contributed by atoms with Crippen LogP contribution in [-0.2, 0) is 6.61 Å². The number of anilines is 1. The number of hydrogen-bond acceptors (Lipinski definition) is 4. The van der Waals surface area contributed by atoms with E-state index in [1.165, 1.54) is 25.7 Å². The summed E-state index contributed by atoms with van der Waals surface area (Å²) in [6.07, 6.45) is 7.22. The van der Waals surface area contributed by atoms with Gasteiger partial charge in [-0.15, -0.1) is 0 Å². The third-order valence-corrected chi connectivity index (χ3v) is 4.79. The number of hydrogen-bond donors (Lipinski definition) is 1. The standard InChI is InChI=1S/C15H22ClN3O/c16-14-9-12(11-20)10-17-15(14)19-7-5-18(6-8-19)13-3-1-2-4-13/h9-10,13,20H,1-8,11H2. The molecule has 0 bridgehead atoms. The average molecular weight is 296 g/mol. The van der Waals surface area contributed by atoms with Gasteiger partial charge in [-0.1, -0.05) is 24.4 Å². The van der Waals surface area contributed by atoms with E-state index in [1.807, 2.05) is 6.07 Å². The molecule has 2 fully saturated rings. The molecule has 1 aromatic heterocycles. The van der Waals surface area contributed by atoms with Gasteiger partial charge in [0.15, 0.2) is 0 Å². The summed E-state index contributed by atoms with van der Waals surface area (Å²) in [5, 5.41) is 9.74. The minimum Gasteiger partial charge on any atom is -0.392 e. The summed E-state index contributed by atoms with van der Waals surface area (Å²) in [7, 11) is 0. The molecule has 110 valence electrons. The second-order valence-corrected chi connectivity index (χ2v) is 6.18. The molecule has 0 unspecified atom stereocenters. The molecule has 1 saturated carbocycles. The summed E-state index contributed by atoms with van der Waals surface area (Å²) >= 11 is 6.28. The third-order valence-electron chi connectivity index (χ3n) is 4.52. The highest BCUT2D eigenvalue weighted by atomic mass is 35.5. The summed E-state index contributed by atoms with van der Waals surface area (Å²) in [5.41, 5.74) is 0.767. The first-order valence-electron chi connectivity index (χ1n) is 7.52. The van der Waals surface area contributed by atoms with Crippen LogP contribution in [0.15, 0.2) is 12.3 Å². The van der Waals surface area contributed by atoms with Gasteiger partial charge in [0.2, 0.25) is 0 Å². The van der Waals surface area contributed by atoms with Gasteiger partial charge in [-0.05, 0) is 24.5 Å². The number of aliphatic hydroxyl groups is 1. The van der Waals surface area contributed by atoms with Crippen LogP contribution in [0.5, 0.6) is 0 Å². The van der Waals surface area contributed by atoms with Crippen molar-refractivity contribution in [3.8, 4) is 0 Å². The Labute approximate surface area is 125 Å². The molecular weight excluding hydrogens is 274 g/mol. The molecule has 0 atom stereocenters. The van der Waals surface area contributed by atoms with Gasteiger partial charge < -0.3 is 10.0 Å². The van der Waals surface area contributed by atoms with E-state index in [-0.39, 0.29) is 6.61 Å². The highest BCUT2D eigenvalue weighted by molar-refractivity contribution is 6.33. The molecule has 0 radical (unpaired) electrons. The summed E-state index contributed by atoms with van der Waals surface area (Å²) < 4.78 is 0. The molecule has 4 nitrogen and oxygen atoms in total. The summed E-state index contributed by atoms with van der Waals surface area (Å²) in [6, 6.07) is 2.62. The van der Waals surface area contributed by atoms with Crippen LogP contribution >= 0.6 is 11.6 Å². The van der Waals surface area contributed by atoms with Crippen LogP contribution in [0.4, 0.5) is 5.82 Å². The molecule has 5 heteroatoms. The van der Waals surface area contributed by atoms with E-state index < -0.39 is 0 Å². The Balaban J connectivity index is 1.62. The van der Waals surface area contributed by atoms with E-state index >= 15 is 0 Å². The minimum atomic E-state index is -0.0115. The Hall–Kier alpha value is -0.840. The minimum absolute atomic E-state index is 0.0115. The van der Waals surface area contributed by atoms with Gasteiger partial charge in [-0.2, -0.15) is 0 Å². The molecule has 1 aromatic rings. The number of piperazine rings is 1. The van der Waals surface area contributed by atoms with Crippen LogP contribution < -0.4 is 4.90 Å². The van der Waals surface area contributed by atoms with E-state index in [2.05, 4.69) is 14.8 Å². The van der Waals surface area contributed by atoms with Crippen LogP contribution in [0.25, 0.3) is 0 Å². The van der Waals surface area contributed by atoms with E-state index in [9.17, 15) is 0 Å². The fourth-order valence-electron chi connectivity index (χ4n) is 3.36. The van der Waals surface area contributed by atoms with Crippen molar-refractivity contribution in [2.24, 2.45) is 0 Å². The molecule has 0 amide bonds. The zero-order chi connectivity index (χ0) is 13.9. The van der Waals surface area contributed by atoms with Crippen LogP contribution in [0, 0.1) is 0 Å². The predicted molar refractivity (Wildman–Crippen MR) is 81.2 cm³/mol. The Morgan fingerprint density at radius 2 is 1.90 bits per heavy atom. The number of aromatic nitrogens is 1. The Bertz CT molecular complexity index is 454. The van der Waals surface area contributed by atoms with Crippen LogP contribution in [0.1, 0.15) is 31.2 Å². The van der Waals surface area contributed by atoms with Crippen molar-refractivity contribution in [3.05, 3.63) is 22.8 Å². The number of aliphatic hydroxyl groups excluding tert-OH is 1. The smallest absolute Gasteiger partial charge is 0.147 e. The lowest BCUT2D eigenvalue weighted by Crippen LogP contribution is -2.50. The maximum absolute atomic E-state index is 9.10. The van der Waals surface area contributed by atoms with Crippen molar-refractivity contribution in [2.45, 2.75) is 38.3 Å². The molecule has 20 heavy (non-hydrogen) atoms. The first-order valence-corrected chi connectivity index (χ1v) is 7.90. The summed E-state index contributed by atoms with van der Waals surface area (Å²) in [6.45, 7) is 4.17. The quantitative estimate of drug-likeness (QED) is 0.929. The zero-order valence-corrected chi connectivity index (χ0v) is 12.5. The second kappa shape index (κ2) is 6.29. The Morgan fingerprint density at radius 1 is 1.20 bits per heavy atom. The fraction of sp³-hybridized carbons (Fsp3) is 0.667. The molecule has 0 aromatic carbocycles. The molecular formula is C15H22ClN3O. The Kier molecular flexibility index (Phi) is 4.44. The van der Waals surface area contributed by atoms with Crippen molar-refractivity contribution in [1.29, 1.82) is 0 Å². The molecule has 1 N–H and O–H groups in total. The number of rotatable bonds is 3.